The molecule has 3 aromatic rings. The third-order valence-corrected chi connectivity index (χ3v) is 20.2. The zero-order valence-electron chi connectivity index (χ0n) is 15.2. The molecule has 0 aliphatic heterocycles. The van der Waals surface area contributed by atoms with E-state index >= 15 is 0 Å². The summed E-state index contributed by atoms with van der Waals surface area (Å²) in [5.41, 5.74) is -0.0103. The van der Waals surface area contributed by atoms with Gasteiger partial charge in [0.05, 0.1) is 0 Å². The molecule has 0 N–H and O–H groups in total. The van der Waals surface area contributed by atoms with Crippen LogP contribution in [0.3, 0.4) is 0 Å². The summed E-state index contributed by atoms with van der Waals surface area (Å²) < 4.78 is 8.16. The second-order valence-electron chi connectivity index (χ2n) is 7.35. The van der Waals surface area contributed by atoms with E-state index in [1.54, 1.807) is 0 Å². The molecular formula is C24H24Pb. The van der Waals surface area contributed by atoms with E-state index in [2.05, 4.69) is 121 Å². The SMILES string of the molecule is CC(C)(C)C#[C][Pb]([c]1ccccc1)([c]1ccccc1)[c]1ccccc1. The first kappa shape index (κ1) is 17.9. The first-order valence-electron chi connectivity index (χ1n) is 8.73. The summed E-state index contributed by atoms with van der Waals surface area (Å²) in [5.74, 6) is 3.61. The van der Waals surface area contributed by atoms with Gasteiger partial charge >= 0.3 is 157 Å². The van der Waals surface area contributed by atoms with E-state index in [4.69, 9.17) is 0 Å². The molecule has 0 heterocycles. The van der Waals surface area contributed by atoms with Crippen LogP contribution >= 0.6 is 0 Å². The van der Waals surface area contributed by atoms with Crippen LogP contribution in [0.25, 0.3) is 0 Å². The van der Waals surface area contributed by atoms with Crippen LogP contribution in [0.1, 0.15) is 20.8 Å². The summed E-state index contributed by atoms with van der Waals surface area (Å²) in [5, 5.41) is 0. The standard InChI is InChI=1S/3C6H5.C6H9.Pb/c3*1-2-4-6-5-3-1;1-5-6(2,3)4;/h3*1-5H;2-4H3;. The van der Waals surface area contributed by atoms with Crippen LogP contribution in [0.15, 0.2) is 91.0 Å². The van der Waals surface area contributed by atoms with Crippen molar-refractivity contribution < 1.29 is 0 Å². The molecule has 0 nitrogen and oxygen atoms in total. The average molecular weight is 520 g/mol. The second kappa shape index (κ2) is 7.58. The Balaban J connectivity index is 2.37. The van der Waals surface area contributed by atoms with Crippen LogP contribution < -0.4 is 9.37 Å². The Kier molecular flexibility index (Phi) is 5.44. The van der Waals surface area contributed by atoms with Gasteiger partial charge in [0.15, 0.2) is 0 Å². The molecule has 0 amide bonds. The van der Waals surface area contributed by atoms with E-state index in [9.17, 15) is 0 Å². The van der Waals surface area contributed by atoms with Crippen LogP contribution in [-0.4, -0.2) is 21.2 Å². The average Bonchev–Trinajstić information content (AvgIpc) is 2.64. The minimum absolute atomic E-state index is 0.0103. The first-order valence-corrected chi connectivity index (χ1v) is 16.5. The van der Waals surface area contributed by atoms with Gasteiger partial charge in [-0.05, 0) is 0 Å². The molecule has 0 atom stereocenters. The molecular weight excluding hydrogens is 495 g/mol. The van der Waals surface area contributed by atoms with Gasteiger partial charge in [-0.25, -0.2) is 0 Å². The van der Waals surface area contributed by atoms with E-state index in [1.807, 2.05) is 0 Å². The minimum atomic E-state index is -3.55. The summed E-state index contributed by atoms with van der Waals surface area (Å²) in [6.45, 7) is 6.58. The van der Waals surface area contributed by atoms with Crippen molar-refractivity contribution in [2.75, 3.05) is 0 Å². The normalized spacial score (nSPS) is 11.5. The van der Waals surface area contributed by atoms with Crippen LogP contribution in [0.2, 0.25) is 0 Å². The fourth-order valence-electron chi connectivity index (χ4n) is 3.06. The van der Waals surface area contributed by atoms with E-state index < -0.39 is 21.2 Å². The van der Waals surface area contributed by atoms with Gasteiger partial charge in [0.2, 0.25) is 0 Å². The molecule has 3 aromatic carbocycles. The third kappa shape index (κ3) is 4.04. The molecule has 0 aliphatic carbocycles. The van der Waals surface area contributed by atoms with Crippen molar-refractivity contribution in [1.82, 2.24) is 0 Å². The summed E-state index contributed by atoms with van der Waals surface area (Å²) in [4.78, 5) is 0. The van der Waals surface area contributed by atoms with Crippen molar-refractivity contribution in [3.05, 3.63) is 91.0 Å². The number of benzene rings is 3. The number of hydrogen-bond acceptors (Lipinski definition) is 0. The Morgan fingerprint density at radius 3 is 1.16 bits per heavy atom. The molecule has 0 aromatic heterocycles. The van der Waals surface area contributed by atoms with Gasteiger partial charge in [0.1, 0.15) is 0 Å². The van der Waals surface area contributed by atoms with Gasteiger partial charge in [-0.15, -0.1) is 0 Å². The van der Waals surface area contributed by atoms with Crippen LogP contribution in [-0.2, 0) is 0 Å². The zero-order chi connectivity index (χ0) is 17.8. The summed E-state index contributed by atoms with van der Waals surface area (Å²) in [6, 6.07) is 32.8. The molecule has 124 valence electrons. The van der Waals surface area contributed by atoms with Crippen LogP contribution in [0, 0.1) is 14.8 Å². The van der Waals surface area contributed by atoms with Gasteiger partial charge < -0.3 is 0 Å². The molecule has 25 heavy (non-hydrogen) atoms. The topological polar surface area (TPSA) is 0 Å². The predicted octanol–water partition coefficient (Wildman–Crippen LogP) is 3.75. The molecule has 0 saturated heterocycles. The fourth-order valence-corrected chi connectivity index (χ4v) is 18.9. The molecule has 0 spiro atoms. The van der Waals surface area contributed by atoms with Crippen molar-refractivity contribution in [2.24, 2.45) is 5.41 Å². The molecule has 3 rings (SSSR count). The maximum absolute atomic E-state index is 3.89. The van der Waals surface area contributed by atoms with Gasteiger partial charge in [-0.3, -0.25) is 0 Å². The monoisotopic (exact) mass is 520 g/mol. The third-order valence-electron chi connectivity index (χ3n) is 4.25. The Morgan fingerprint density at radius 1 is 0.560 bits per heavy atom. The zero-order valence-corrected chi connectivity index (χ0v) is 19.0. The first-order chi connectivity index (χ1) is 12.0. The summed E-state index contributed by atoms with van der Waals surface area (Å²) in [7, 11) is 0. The summed E-state index contributed by atoms with van der Waals surface area (Å²) >= 11 is -3.55. The molecule has 0 saturated carbocycles. The molecule has 0 bridgehead atoms. The van der Waals surface area contributed by atoms with Crippen molar-refractivity contribution in [2.45, 2.75) is 20.8 Å². The van der Waals surface area contributed by atoms with E-state index in [1.165, 1.54) is 9.37 Å². The molecule has 0 unspecified atom stereocenters. The maximum atomic E-state index is 3.89. The van der Waals surface area contributed by atoms with Crippen molar-refractivity contribution in [3.63, 3.8) is 0 Å². The van der Waals surface area contributed by atoms with Crippen LogP contribution in [0.4, 0.5) is 0 Å². The Bertz CT molecular complexity index is 767. The van der Waals surface area contributed by atoms with E-state index in [0.717, 1.165) is 0 Å². The van der Waals surface area contributed by atoms with Crippen molar-refractivity contribution >= 4 is 30.5 Å². The Labute approximate surface area is 156 Å². The van der Waals surface area contributed by atoms with Crippen molar-refractivity contribution in [3.8, 4) is 9.40 Å². The Morgan fingerprint density at radius 2 is 0.880 bits per heavy atom. The molecule has 0 aliphatic rings. The van der Waals surface area contributed by atoms with E-state index in [-0.39, 0.29) is 5.41 Å². The van der Waals surface area contributed by atoms with Gasteiger partial charge in [-0.1, -0.05) is 0 Å². The fraction of sp³-hybridized carbons (Fsp3) is 0.167. The van der Waals surface area contributed by atoms with Crippen LogP contribution in [0.5, 0.6) is 0 Å². The second-order valence-corrected chi connectivity index (χ2v) is 20.9. The number of rotatable bonds is 3. The quantitative estimate of drug-likeness (QED) is 0.365. The number of hydrogen-bond donors (Lipinski definition) is 0. The molecule has 0 fully saturated rings. The van der Waals surface area contributed by atoms with Crippen molar-refractivity contribution in [1.29, 1.82) is 0 Å². The molecule has 1 heteroatoms. The Hall–Kier alpha value is -1.86. The van der Waals surface area contributed by atoms with Gasteiger partial charge in [-0.2, -0.15) is 0 Å². The summed E-state index contributed by atoms with van der Waals surface area (Å²) in [6.07, 6.45) is 0. The van der Waals surface area contributed by atoms with Gasteiger partial charge in [0, 0.05) is 0 Å². The predicted molar refractivity (Wildman–Crippen MR) is 111 cm³/mol. The van der Waals surface area contributed by atoms with Gasteiger partial charge in [0.25, 0.3) is 0 Å². The molecule has 0 radical (unpaired) electrons. The van der Waals surface area contributed by atoms with E-state index in [0.29, 0.717) is 0 Å².